The van der Waals surface area contributed by atoms with Gasteiger partial charge in [-0.2, -0.15) is 5.10 Å². The summed E-state index contributed by atoms with van der Waals surface area (Å²) >= 11 is 11.4. The van der Waals surface area contributed by atoms with Gasteiger partial charge in [0.1, 0.15) is 5.82 Å². The lowest BCUT2D eigenvalue weighted by Gasteiger charge is -2.11. The molecule has 0 bridgehead atoms. The highest BCUT2D eigenvalue weighted by molar-refractivity contribution is 7.80. The summed E-state index contributed by atoms with van der Waals surface area (Å²) in [5.41, 5.74) is 3.29. The summed E-state index contributed by atoms with van der Waals surface area (Å²) in [6.45, 7) is 4.55. The first-order chi connectivity index (χ1) is 12.9. The lowest BCUT2D eigenvalue weighted by Crippen LogP contribution is -2.18. The van der Waals surface area contributed by atoms with Gasteiger partial charge in [0.2, 0.25) is 0 Å². The zero-order chi connectivity index (χ0) is 19.4. The smallest absolute Gasteiger partial charge is 0.175 e. The normalized spacial score (nSPS) is 10.9. The van der Waals surface area contributed by atoms with Crippen molar-refractivity contribution in [2.75, 3.05) is 10.6 Å². The molecule has 4 nitrogen and oxygen atoms in total. The van der Waals surface area contributed by atoms with Crippen LogP contribution in [0.25, 0.3) is 0 Å². The van der Waals surface area contributed by atoms with E-state index in [0.29, 0.717) is 27.3 Å². The van der Waals surface area contributed by atoms with Gasteiger partial charge in [-0.3, -0.25) is 4.68 Å². The van der Waals surface area contributed by atoms with Crippen molar-refractivity contribution in [1.82, 2.24) is 9.78 Å². The Labute approximate surface area is 168 Å². The van der Waals surface area contributed by atoms with Gasteiger partial charge in [-0.25, -0.2) is 4.39 Å². The van der Waals surface area contributed by atoms with E-state index in [9.17, 15) is 4.39 Å². The number of anilines is 2. The summed E-state index contributed by atoms with van der Waals surface area (Å²) in [6.07, 6.45) is 3.38. The molecule has 2 N–H and O–H groups in total. The summed E-state index contributed by atoms with van der Waals surface area (Å²) in [4.78, 5) is 0. The summed E-state index contributed by atoms with van der Waals surface area (Å²) in [5, 5.41) is 11.3. The molecule has 7 heteroatoms. The third-order valence-corrected chi connectivity index (χ3v) is 4.67. The number of hydrogen-bond donors (Lipinski definition) is 2. The third kappa shape index (κ3) is 5.05. The fourth-order valence-electron chi connectivity index (χ4n) is 2.60. The van der Waals surface area contributed by atoms with E-state index in [2.05, 4.69) is 41.7 Å². The zero-order valence-corrected chi connectivity index (χ0v) is 16.6. The van der Waals surface area contributed by atoms with Crippen LogP contribution in [0.5, 0.6) is 0 Å². The van der Waals surface area contributed by atoms with Gasteiger partial charge in [-0.05, 0) is 48.0 Å². The molecule has 1 aromatic heterocycles. The molecule has 0 saturated heterocycles. The molecule has 0 fully saturated rings. The van der Waals surface area contributed by atoms with E-state index in [1.54, 1.807) is 29.2 Å². The summed E-state index contributed by atoms with van der Waals surface area (Å²) in [6, 6.07) is 12.8. The molecular formula is C20H20ClFN4S. The minimum atomic E-state index is -0.352. The standard InChI is InChI=1S/C20H20ClFN4S/c1-13(2)14-6-8-15(9-7-14)24-20(27)25-16-10-23-26(11-16)12-17-18(21)4-3-5-19(17)22/h3-11,13H,12H2,1-2H3,(H2,24,25,27). The first-order valence-electron chi connectivity index (χ1n) is 8.55. The number of benzene rings is 2. The lowest BCUT2D eigenvalue weighted by molar-refractivity contribution is 0.585. The Kier molecular flexibility index (Phi) is 6.08. The number of rotatable bonds is 5. The molecule has 0 aliphatic carbocycles. The topological polar surface area (TPSA) is 41.9 Å². The number of nitrogens with zero attached hydrogens (tertiary/aromatic N) is 2. The second kappa shape index (κ2) is 8.50. The fourth-order valence-corrected chi connectivity index (χ4v) is 3.06. The second-order valence-electron chi connectivity index (χ2n) is 6.48. The minimum absolute atomic E-state index is 0.240. The Morgan fingerprint density at radius 2 is 1.85 bits per heavy atom. The van der Waals surface area contributed by atoms with Crippen LogP contribution < -0.4 is 10.6 Å². The summed E-state index contributed by atoms with van der Waals surface area (Å²) < 4.78 is 15.5. The highest BCUT2D eigenvalue weighted by atomic mass is 35.5. The number of hydrogen-bond acceptors (Lipinski definition) is 2. The third-order valence-electron chi connectivity index (χ3n) is 4.11. The quantitative estimate of drug-likeness (QED) is 0.540. The van der Waals surface area contributed by atoms with Gasteiger partial charge in [0.15, 0.2) is 5.11 Å². The molecule has 140 valence electrons. The van der Waals surface area contributed by atoms with E-state index in [4.69, 9.17) is 23.8 Å². The number of thiocarbonyl (C=S) groups is 1. The molecule has 0 aliphatic heterocycles. The van der Waals surface area contributed by atoms with Crippen LogP contribution in [0.4, 0.5) is 15.8 Å². The van der Waals surface area contributed by atoms with E-state index in [1.807, 2.05) is 12.1 Å². The van der Waals surface area contributed by atoms with E-state index in [1.165, 1.54) is 11.6 Å². The molecule has 1 heterocycles. The van der Waals surface area contributed by atoms with Gasteiger partial charge in [0.25, 0.3) is 0 Å². The van der Waals surface area contributed by atoms with Crippen LogP contribution in [0.1, 0.15) is 30.9 Å². The van der Waals surface area contributed by atoms with Crippen LogP contribution in [-0.2, 0) is 6.54 Å². The highest BCUT2D eigenvalue weighted by Crippen LogP contribution is 2.21. The molecular weight excluding hydrogens is 383 g/mol. The van der Waals surface area contributed by atoms with Gasteiger partial charge < -0.3 is 10.6 Å². The van der Waals surface area contributed by atoms with Crippen LogP contribution in [0.2, 0.25) is 5.02 Å². The molecule has 0 spiro atoms. The van der Waals surface area contributed by atoms with Crippen LogP contribution in [0, 0.1) is 5.82 Å². The molecule has 27 heavy (non-hydrogen) atoms. The second-order valence-corrected chi connectivity index (χ2v) is 7.30. The van der Waals surface area contributed by atoms with Crippen molar-refractivity contribution in [2.45, 2.75) is 26.3 Å². The average Bonchev–Trinajstić information content (AvgIpc) is 3.05. The predicted octanol–water partition coefficient (Wildman–Crippen LogP) is 5.66. The van der Waals surface area contributed by atoms with Crippen molar-refractivity contribution >= 4 is 40.3 Å². The Morgan fingerprint density at radius 1 is 1.15 bits per heavy atom. The molecule has 3 aromatic rings. The number of halogens is 2. The average molecular weight is 403 g/mol. The molecule has 0 unspecified atom stereocenters. The monoisotopic (exact) mass is 402 g/mol. The lowest BCUT2D eigenvalue weighted by atomic mass is 10.0. The van der Waals surface area contributed by atoms with Gasteiger partial charge >= 0.3 is 0 Å². The summed E-state index contributed by atoms with van der Waals surface area (Å²) in [5.74, 6) is 0.132. The summed E-state index contributed by atoms with van der Waals surface area (Å²) in [7, 11) is 0. The van der Waals surface area contributed by atoms with Crippen LogP contribution >= 0.6 is 23.8 Å². The van der Waals surface area contributed by atoms with Crippen LogP contribution in [0.3, 0.4) is 0 Å². The van der Waals surface area contributed by atoms with Gasteiger partial charge in [0, 0.05) is 22.5 Å². The predicted molar refractivity (Wildman–Crippen MR) is 113 cm³/mol. The van der Waals surface area contributed by atoms with E-state index < -0.39 is 0 Å². The maximum absolute atomic E-state index is 13.9. The van der Waals surface area contributed by atoms with E-state index in [0.717, 1.165) is 5.69 Å². The SMILES string of the molecule is CC(C)c1ccc(NC(=S)Nc2cnn(Cc3c(F)cccc3Cl)c2)cc1. The molecule has 0 amide bonds. The van der Waals surface area contributed by atoms with Crippen molar-refractivity contribution in [3.8, 4) is 0 Å². The van der Waals surface area contributed by atoms with Crippen molar-refractivity contribution in [3.05, 3.63) is 76.8 Å². The Balaban J connectivity index is 1.61. The molecule has 0 aliphatic rings. The molecule has 0 atom stereocenters. The maximum Gasteiger partial charge on any atom is 0.175 e. The van der Waals surface area contributed by atoms with Crippen molar-refractivity contribution in [1.29, 1.82) is 0 Å². The zero-order valence-electron chi connectivity index (χ0n) is 15.0. The van der Waals surface area contributed by atoms with Crippen LogP contribution in [0.15, 0.2) is 54.9 Å². The first-order valence-corrected chi connectivity index (χ1v) is 9.34. The van der Waals surface area contributed by atoms with E-state index in [-0.39, 0.29) is 12.4 Å². The number of nitrogens with one attached hydrogen (secondary N) is 2. The van der Waals surface area contributed by atoms with Crippen molar-refractivity contribution in [3.63, 3.8) is 0 Å². The van der Waals surface area contributed by atoms with E-state index >= 15 is 0 Å². The molecule has 0 saturated carbocycles. The fraction of sp³-hybridized carbons (Fsp3) is 0.200. The minimum Gasteiger partial charge on any atom is -0.332 e. The Bertz CT molecular complexity index is 917. The van der Waals surface area contributed by atoms with Crippen molar-refractivity contribution < 1.29 is 4.39 Å². The van der Waals surface area contributed by atoms with Gasteiger partial charge in [0.05, 0.1) is 18.4 Å². The molecule has 2 aromatic carbocycles. The Hall–Kier alpha value is -2.44. The Morgan fingerprint density at radius 3 is 2.52 bits per heavy atom. The first kappa shape index (κ1) is 19.3. The number of aromatic nitrogens is 2. The van der Waals surface area contributed by atoms with Gasteiger partial charge in [-0.1, -0.05) is 43.6 Å². The highest BCUT2D eigenvalue weighted by Gasteiger charge is 2.09. The maximum atomic E-state index is 13.9. The van der Waals surface area contributed by atoms with Crippen LogP contribution in [-0.4, -0.2) is 14.9 Å². The van der Waals surface area contributed by atoms with Crippen molar-refractivity contribution in [2.24, 2.45) is 0 Å². The van der Waals surface area contributed by atoms with Gasteiger partial charge in [-0.15, -0.1) is 0 Å². The molecule has 0 radical (unpaired) electrons. The largest absolute Gasteiger partial charge is 0.332 e. The molecule has 3 rings (SSSR count).